The van der Waals surface area contributed by atoms with Crippen molar-refractivity contribution in [2.75, 3.05) is 33.4 Å². The predicted molar refractivity (Wildman–Crippen MR) is 78.5 cm³/mol. The van der Waals surface area contributed by atoms with Crippen LogP contribution in [0.5, 0.6) is 0 Å². The summed E-state index contributed by atoms with van der Waals surface area (Å²) in [6, 6.07) is 6.71. The maximum absolute atomic E-state index is 13.6. The van der Waals surface area contributed by atoms with E-state index in [1.54, 1.807) is 12.1 Å². The Morgan fingerprint density at radius 3 is 2.81 bits per heavy atom. The van der Waals surface area contributed by atoms with Crippen LogP contribution in [0.4, 0.5) is 4.39 Å². The number of nitrogens with zero attached hydrogens (tertiary/aromatic N) is 1. The zero-order chi connectivity index (χ0) is 15.1. The molecule has 0 spiro atoms. The van der Waals surface area contributed by atoms with Gasteiger partial charge in [0.2, 0.25) is 0 Å². The third-order valence-electron chi connectivity index (χ3n) is 3.61. The lowest BCUT2D eigenvalue weighted by Crippen LogP contribution is -2.34. The Morgan fingerprint density at radius 1 is 1.38 bits per heavy atom. The zero-order valence-electron chi connectivity index (χ0n) is 12.5. The second-order valence-electron chi connectivity index (χ2n) is 5.59. The molecular weight excluding hydrogens is 273 g/mol. The summed E-state index contributed by atoms with van der Waals surface area (Å²) in [4.78, 5) is 1.90. The van der Waals surface area contributed by atoms with Crippen molar-refractivity contribution < 1.29 is 19.0 Å². The Labute approximate surface area is 125 Å². The van der Waals surface area contributed by atoms with E-state index in [0.29, 0.717) is 25.3 Å². The molecule has 1 aromatic rings. The minimum Gasteiger partial charge on any atom is -0.389 e. The van der Waals surface area contributed by atoms with Crippen LogP contribution in [0.1, 0.15) is 18.4 Å². The number of likely N-dealkylation sites (N-methyl/N-ethyl adjacent to an activating group) is 1. The summed E-state index contributed by atoms with van der Waals surface area (Å²) in [5, 5.41) is 10.0. The first-order chi connectivity index (χ1) is 10.1. The van der Waals surface area contributed by atoms with Crippen LogP contribution in [0, 0.1) is 5.82 Å². The van der Waals surface area contributed by atoms with E-state index in [9.17, 15) is 9.50 Å². The van der Waals surface area contributed by atoms with E-state index in [1.807, 2.05) is 18.0 Å². The number of rotatable bonds is 7. The fraction of sp³-hybridized carbons (Fsp3) is 0.625. The number of ether oxygens (including phenoxy) is 2. The molecule has 118 valence electrons. The quantitative estimate of drug-likeness (QED) is 0.833. The van der Waals surface area contributed by atoms with Gasteiger partial charge in [0.15, 0.2) is 0 Å². The standard InChI is InChI=1S/C16H24FNO3/c1-18(10-13-4-2-3-5-16(13)17)11-14(19)12-21-15-6-8-20-9-7-15/h2-5,14-15,19H,6-12H2,1H3. The van der Waals surface area contributed by atoms with Crippen LogP contribution < -0.4 is 0 Å². The largest absolute Gasteiger partial charge is 0.389 e. The van der Waals surface area contributed by atoms with Crippen molar-refractivity contribution in [2.45, 2.75) is 31.6 Å². The molecule has 5 heteroatoms. The van der Waals surface area contributed by atoms with Gasteiger partial charge in [-0.25, -0.2) is 4.39 Å². The molecule has 1 aromatic carbocycles. The zero-order valence-corrected chi connectivity index (χ0v) is 12.5. The van der Waals surface area contributed by atoms with Gasteiger partial charge in [0, 0.05) is 31.9 Å². The number of halogens is 1. The lowest BCUT2D eigenvalue weighted by atomic mass is 10.1. The second kappa shape index (κ2) is 8.44. The van der Waals surface area contributed by atoms with Gasteiger partial charge in [0.25, 0.3) is 0 Å². The molecule has 1 aliphatic heterocycles. The van der Waals surface area contributed by atoms with Crippen molar-refractivity contribution in [1.29, 1.82) is 0 Å². The van der Waals surface area contributed by atoms with E-state index in [1.165, 1.54) is 6.07 Å². The van der Waals surface area contributed by atoms with Crippen molar-refractivity contribution in [1.82, 2.24) is 4.90 Å². The summed E-state index contributed by atoms with van der Waals surface area (Å²) in [6.07, 6.45) is 1.39. The third kappa shape index (κ3) is 5.71. The molecule has 0 saturated carbocycles. The van der Waals surface area contributed by atoms with Crippen LogP contribution in [-0.4, -0.2) is 55.6 Å². The van der Waals surface area contributed by atoms with Gasteiger partial charge in [-0.15, -0.1) is 0 Å². The van der Waals surface area contributed by atoms with Crippen molar-refractivity contribution in [2.24, 2.45) is 0 Å². The first kappa shape index (κ1) is 16.4. The molecule has 1 atom stereocenters. The van der Waals surface area contributed by atoms with E-state index in [4.69, 9.17) is 9.47 Å². The van der Waals surface area contributed by atoms with Crippen LogP contribution in [0.15, 0.2) is 24.3 Å². The van der Waals surface area contributed by atoms with Gasteiger partial charge in [-0.1, -0.05) is 18.2 Å². The van der Waals surface area contributed by atoms with Gasteiger partial charge in [-0.2, -0.15) is 0 Å². The number of hydrogen-bond acceptors (Lipinski definition) is 4. The Morgan fingerprint density at radius 2 is 2.10 bits per heavy atom. The SMILES string of the molecule is CN(Cc1ccccc1F)CC(O)COC1CCOCC1. The molecule has 1 heterocycles. The highest BCUT2D eigenvalue weighted by Crippen LogP contribution is 2.12. The Hall–Kier alpha value is -1.01. The van der Waals surface area contributed by atoms with E-state index < -0.39 is 6.10 Å². The second-order valence-corrected chi connectivity index (χ2v) is 5.59. The molecule has 4 nitrogen and oxygen atoms in total. The molecule has 1 saturated heterocycles. The number of hydrogen-bond donors (Lipinski definition) is 1. The fourth-order valence-electron chi connectivity index (χ4n) is 2.48. The molecule has 0 aromatic heterocycles. The number of benzene rings is 1. The highest BCUT2D eigenvalue weighted by atomic mass is 19.1. The maximum atomic E-state index is 13.6. The molecule has 1 aliphatic rings. The average molecular weight is 297 g/mol. The molecule has 1 unspecified atom stereocenters. The van der Waals surface area contributed by atoms with Gasteiger partial charge in [-0.3, -0.25) is 4.90 Å². The summed E-state index contributed by atoms with van der Waals surface area (Å²) in [5.41, 5.74) is 0.637. The van der Waals surface area contributed by atoms with Crippen LogP contribution in [-0.2, 0) is 16.0 Å². The predicted octanol–water partition coefficient (Wildman–Crippen LogP) is 1.81. The monoisotopic (exact) mass is 297 g/mol. The van der Waals surface area contributed by atoms with Crippen molar-refractivity contribution >= 4 is 0 Å². The Kier molecular flexibility index (Phi) is 6.57. The lowest BCUT2D eigenvalue weighted by molar-refractivity contribution is -0.0634. The van der Waals surface area contributed by atoms with Crippen LogP contribution in [0.3, 0.4) is 0 Å². The lowest BCUT2D eigenvalue weighted by Gasteiger charge is -2.25. The summed E-state index contributed by atoms with van der Waals surface area (Å²) in [6.45, 7) is 2.70. The van der Waals surface area contributed by atoms with Gasteiger partial charge in [0.05, 0.1) is 18.8 Å². The molecule has 0 amide bonds. The fourth-order valence-corrected chi connectivity index (χ4v) is 2.48. The van der Waals surface area contributed by atoms with E-state index in [0.717, 1.165) is 26.1 Å². The van der Waals surface area contributed by atoms with Gasteiger partial charge >= 0.3 is 0 Å². The van der Waals surface area contributed by atoms with Crippen molar-refractivity contribution in [3.8, 4) is 0 Å². The molecule has 21 heavy (non-hydrogen) atoms. The van der Waals surface area contributed by atoms with Gasteiger partial charge in [-0.05, 0) is 26.0 Å². The van der Waals surface area contributed by atoms with E-state index in [-0.39, 0.29) is 11.9 Å². The van der Waals surface area contributed by atoms with Crippen LogP contribution in [0.2, 0.25) is 0 Å². The molecule has 0 radical (unpaired) electrons. The molecule has 2 rings (SSSR count). The third-order valence-corrected chi connectivity index (χ3v) is 3.61. The number of aliphatic hydroxyl groups excluding tert-OH is 1. The van der Waals surface area contributed by atoms with E-state index in [2.05, 4.69) is 0 Å². The van der Waals surface area contributed by atoms with Gasteiger partial charge in [0.1, 0.15) is 5.82 Å². The first-order valence-corrected chi connectivity index (χ1v) is 7.44. The highest BCUT2D eigenvalue weighted by Gasteiger charge is 2.17. The smallest absolute Gasteiger partial charge is 0.127 e. The molecule has 1 N–H and O–H groups in total. The average Bonchev–Trinajstić information content (AvgIpc) is 2.48. The van der Waals surface area contributed by atoms with Crippen LogP contribution >= 0.6 is 0 Å². The Bertz CT molecular complexity index is 424. The van der Waals surface area contributed by atoms with Crippen LogP contribution in [0.25, 0.3) is 0 Å². The summed E-state index contributed by atoms with van der Waals surface area (Å²) >= 11 is 0. The summed E-state index contributed by atoms with van der Waals surface area (Å²) < 4.78 is 24.5. The highest BCUT2D eigenvalue weighted by molar-refractivity contribution is 5.16. The normalized spacial score (nSPS) is 18.1. The Balaban J connectivity index is 1.69. The number of aliphatic hydroxyl groups is 1. The van der Waals surface area contributed by atoms with Crippen molar-refractivity contribution in [3.63, 3.8) is 0 Å². The molecule has 0 aliphatic carbocycles. The summed E-state index contributed by atoms with van der Waals surface area (Å²) in [5.74, 6) is -0.211. The summed E-state index contributed by atoms with van der Waals surface area (Å²) in [7, 11) is 1.87. The maximum Gasteiger partial charge on any atom is 0.127 e. The van der Waals surface area contributed by atoms with Gasteiger partial charge < -0.3 is 14.6 Å². The molecule has 0 bridgehead atoms. The molecular formula is C16H24FNO3. The van der Waals surface area contributed by atoms with Crippen molar-refractivity contribution in [3.05, 3.63) is 35.6 Å². The molecule has 1 fully saturated rings. The van der Waals surface area contributed by atoms with E-state index >= 15 is 0 Å². The topological polar surface area (TPSA) is 41.9 Å². The minimum atomic E-state index is -0.565. The minimum absolute atomic E-state index is 0.185. The first-order valence-electron chi connectivity index (χ1n) is 7.44.